The maximum Gasteiger partial charge on any atom is -0.0203 e. The summed E-state index contributed by atoms with van der Waals surface area (Å²) >= 11 is 0. The molecule has 0 aromatic heterocycles. The van der Waals surface area contributed by atoms with Crippen LogP contribution in [0, 0.1) is 23.7 Å². The van der Waals surface area contributed by atoms with E-state index in [1.165, 1.54) is 44.9 Å². The molecule has 3 unspecified atom stereocenters. The van der Waals surface area contributed by atoms with Crippen molar-refractivity contribution in [1.29, 1.82) is 0 Å². The smallest absolute Gasteiger partial charge is 0.0203 e. The fourth-order valence-corrected chi connectivity index (χ4v) is 3.75. The van der Waals surface area contributed by atoms with Crippen LogP contribution in [0.2, 0.25) is 0 Å². The van der Waals surface area contributed by atoms with Gasteiger partial charge in [-0.2, -0.15) is 0 Å². The second-order valence-corrected chi connectivity index (χ2v) is 5.54. The van der Waals surface area contributed by atoms with E-state index in [0.717, 1.165) is 23.7 Å². The van der Waals surface area contributed by atoms with Crippen molar-refractivity contribution in [2.24, 2.45) is 23.7 Å². The van der Waals surface area contributed by atoms with E-state index in [-0.39, 0.29) is 0 Å². The van der Waals surface area contributed by atoms with Crippen molar-refractivity contribution >= 4 is 0 Å². The Hall–Kier alpha value is -0.260. The van der Waals surface area contributed by atoms with Gasteiger partial charge in [-0.3, -0.25) is 0 Å². The number of allylic oxidation sites excluding steroid dienone is 1. The van der Waals surface area contributed by atoms with Crippen molar-refractivity contribution in [3.05, 3.63) is 12.7 Å². The summed E-state index contributed by atoms with van der Waals surface area (Å²) in [6.07, 6.45) is 12.6. The first kappa shape index (κ1) is 10.3. The molecule has 0 N–H and O–H groups in total. The maximum absolute atomic E-state index is 4.02. The highest BCUT2D eigenvalue weighted by molar-refractivity contribution is 4.95. The molecule has 0 heterocycles. The summed E-state index contributed by atoms with van der Waals surface area (Å²) in [5, 5.41) is 0. The van der Waals surface area contributed by atoms with Gasteiger partial charge in [-0.1, -0.05) is 45.1 Å². The molecular weight excluding hydrogens is 168 g/mol. The molecule has 0 aromatic rings. The minimum Gasteiger partial charge on any atom is -0.103 e. The average molecular weight is 192 g/mol. The Morgan fingerprint density at radius 2 is 1.79 bits per heavy atom. The molecule has 80 valence electrons. The highest BCUT2D eigenvalue weighted by Crippen LogP contribution is 2.45. The molecule has 0 aliphatic heterocycles. The van der Waals surface area contributed by atoms with Gasteiger partial charge in [-0.15, -0.1) is 6.58 Å². The Morgan fingerprint density at radius 1 is 1.07 bits per heavy atom. The van der Waals surface area contributed by atoms with Crippen LogP contribution in [0.15, 0.2) is 12.7 Å². The molecule has 0 amide bonds. The third-order valence-electron chi connectivity index (χ3n) is 4.46. The second kappa shape index (κ2) is 4.51. The molecule has 0 radical (unpaired) electrons. The molecule has 0 saturated heterocycles. The lowest BCUT2D eigenvalue weighted by molar-refractivity contribution is 0.222. The van der Waals surface area contributed by atoms with E-state index < -0.39 is 0 Å². The molecule has 0 heteroatoms. The van der Waals surface area contributed by atoms with Crippen LogP contribution in [-0.2, 0) is 0 Å². The summed E-state index contributed by atoms with van der Waals surface area (Å²) in [5.41, 5.74) is 0. The number of rotatable bonds is 2. The summed E-state index contributed by atoms with van der Waals surface area (Å²) in [5.74, 6) is 3.82. The predicted molar refractivity (Wildman–Crippen MR) is 62.2 cm³/mol. The van der Waals surface area contributed by atoms with Gasteiger partial charge in [-0.05, 0) is 36.5 Å². The molecule has 2 fully saturated rings. The van der Waals surface area contributed by atoms with Gasteiger partial charge >= 0.3 is 0 Å². The van der Waals surface area contributed by atoms with Crippen molar-refractivity contribution in [1.82, 2.24) is 0 Å². The maximum atomic E-state index is 4.02. The van der Waals surface area contributed by atoms with E-state index in [9.17, 15) is 0 Å². The molecule has 3 atom stereocenters. The Labute approximate surface area is 88.8 Å². The lowest BCUT2D eigenvalue weighted by atomic mass is 9.75. The van der Waals surface area contributed by atoms with E-state index in [0.29, 0.717) is 0 Å². The Morgan fingerprint density at radius 3 is 2.43 bits per heavy atom. The standard InChI is InChI=1S/C14H24/c1-3-12-9-11(2)10-14(12)13-7-5-4-6-8-13/h3,11-14H,1,4-10H2,2H3. The van der Waals surface area contributed by atoms with Crippen molar-refractivity contribution in [3.8, 4) is 0 Å². The third-order valence-corrected chi connectivity index (χ3v) is 4.46. The van der Waals surface area contributed by atoms with Crippen LogP contribution in [0.5, 0.6) is 0 Å². The summed E-state index contributed by atoms with van der Waals surface area (Å²) in [6.45, 7) is 6.44. The summed E-state index contributed by atoms with van der Waals surface area (Å²) in [4.78, 5) is 0. The Bertz CT molecular complexity index is 188. The zero-order chi connectivity index (χ0) is 9.97. The van der Waals surface area contributed by atoms with Crippen LogP contribution in [-0.4, -0.2) is 0 Å². The van der Waals surface area contributed by atoms with Crippen molar-refractivity contribution in [2.75, 3.05) is 0 Å². The van der Waals surface area contributed by atoms with Gasteiger partial charge in [0.25, 0.3) is 0 Å². The van der Waals surface area contributed by atoms with Crippen LogP contribution in [0.4, 0.5) is 0 Å². The Balaban J connectivity index is 1.97. The van der Waals surface area contributed by atoms with E-state index in [2.05, 4.69) is 19.6 Å². The highest BCUT2D eigenvalue weighted by atomic mass is 14.4. The predicted octanol–water partition coefficient (Wildman–Crippen LogP) is 4.42. The third kappa shape index (κ3) is 2.04. The van der Waals surface area contributed by atoms with E-state index in [1.54, 1.807) is 0 Å². The first-order valence-corrected chi connectivity index (χ1v) is 6.44. The van der Waals surface area contributed by atoms with Gasteiger partial charge in [0.15, 0.2) is 0 Å². The molecule has 2 rings (SSSR count). The normalized spacial score (nSPS) is 39.9. The van der Waals surface area contributed by atoms with Gasteiger partial charge in [0.2, 0.25) is 0 Å². The largest absolute Gasteiger partial charge is 0.103 e. The fourth-order valence-electron chi connectivity index (χ4n) is 3.75. The molecule has 0 aromatic carbocycles. The topological polar surface area (TPSA) is 0 Å². The van der Waals surface area contributed by atoms with Crippen molar-refractivity contribution in [2.45, 2.75) is 51.9 Å². The van der Waals surface area contributed by atoms with Gasteiger partial charge in [0.05, 0.1) is 0 Å². The van der Waals surface area contributed by atoms with Crippen molar-refractivity contribution in [3.63, 3.8) is 0 Å². The van der Waals surface area contributed by atoms with Crippen molar-refractivity contribution < 1.29 is 0 Å². The van der Waals surface area contributed by atoms with Crippen LogP contribution < -0.4 is 0 Å². The molecule has 0 nitrogen and oxygen atoms in total. The van der Waals surface area contributed by atoms with Crippen LogP contribution in [0.25, 0.3) is 0 Å². The monoisotopic (exact) mass is 192 g/mol. The number of hydrogen-bond donors (Lipinski definition) is 0. The highest BCUT2D eigenvalue weighted by Gasteiger charge is 2.35. The zero-order valence-electron chi connectivity index (χ0n) is 9.54. The summed E-state index contributed by atoms with van der Waals surface area (Å²) < 4.78 is 0. The molecule has 0 spiro atoms. The fraction of sp³-hybridized carbons (Fsp3) is 0.857. The van der Waals surface area contributed by atoms with Gasteiger partial charge in [-0.25, -0.2) is 0 Å². The Kier molecular flexibility index (Phi) is 3.30. The van der Waals surface area contributed by atoms with Crippen LogP contribution in [0.3, 0.4) is 0 Å². The lowest BCUT2D eigenvalue weighted by Gasteiger charge is -2.30. The van der Waals surface area contributed by atoms with Gasteiger partial charge < -0.3 is 0 Å². The summed E-state index contributed by atoms with van der Waals surface area (Å²) in [6, 6.07) is 0. The van der Waals surface area contributed by atoms with Gasteiger partial charge in [0, 0.05) is 0 Å². The SMILES string of the molecule is C=CC1CC(C)CC1C1CCCCC1. The minimum absolute atomic E-state index is 0.841. The number of hydrogen-bond acceptors (Lipinski definition) is 0. The first-order valence-electron chi connectivity index (χ1n) is 6.44. The van der Waals surface area contributed by atoms with Crippen LogP contribution in [0.1, 0.15) is 51.9 Å². The quantitative estimate of drug-likeness (QED) is 0.568. The van der Waals surface area contributed by atoms with E-state index >= 15 is 0 Å². The molecule has 2 saturated carbocycles. The van der Waals surface area contributed by atoms with E-state index in [1.807, 2.05) is 0 Å². The molecular formula is C14H24. The summed E-state index contributed by atoms with van der Waals surface area (Å²) in [7, 11) is 0. The zero-order valence-corrected chi connectivity index (χ0v) is 9.54. The van der Waals surface area contributed by atoms with Gasteiger partial charge in [0.1, 0.15) is 0 Å². The lowest BCUT2D eigenvalue weighted by Crippen LogP contribution is -2.20. The molecule has 14 heavy (non-hydrogen) atoms. The minimum atomic E-state index is 0.841. The molecule has 2 aliphatic rings. The van der Waals surface area contributed by atoms with Crippen LogP contribution >= 0.6 is 0 Å². The second-order valence-electron chi connectivity index (χ2n) is 5.54. The molecule has 2 aliphatic carbocycles. The first-order chi connectivity index (χ1) is 6.81. The average Bonchev–Trinajstić information content (AvgIpc) is 2.61. The van der Waals surface area contributed by atoms with E-state index in [4.69, 9.17) is 0 Å². The molecule has 0 bridgehead atoms.